The molecular weight excluding hydrogens is 226 g/mol. The van der Waals surface area contributed by atoms with Crippen LogP contribution in [0.3, 0.4) is 0 Å². The number of piperidine rings is 1. The fraction of sp³-hybridized carbons (Fsp3) is 0.833. The predicted molar refractivity (Wildman–Crippen MR) is 65.6 cm³/mol. The van der Waals surface area contributed by atoms with Crippen LogP contribution in [0.1, 0.15) is 33.6 Å². The number of hydrogen-bond acceptors (Lipinski definition) is 2. The summed E-state index contributed by atoms with van der Waals surface area (Å²) in [6.45, 7) is 7.21. The molecule has 0 aromatic rings. The van der Waals surface area contributed by atoms with Crippen LogP contribution in [0, 0.1) is 12.3 Å². The topological polar surface area (TPSA) is 29.5 Å². The van der Waals surface area contributed by atoms with Crippen LogP contribution in [0.15, 0.2) is 0 Å². The van der Waals surface area contributed by atoms with Gasteiger partial charge in [0.1, 0.15) is 5.60 Å². The average Bonchev–Trinajstić information content (AvgIpc) is 2.16. The number of alkyl halides is 1. The van der Waals surface area contributed by atoms with Crippen LogP contribution >= 0.6 is 11.6 Å². The lowest BCUT2D eigenvalue weighted by Gasteiger charge is -2.33. The number of hydrogen-bond donors (Lipinski definition) is 0. The maximum absolute atomic E-state index is 11.7. The predicted octanol–water partition coefficient (Wildman–Crippen LogP) is 3.08. The molecule has 1 rings (SSSR count). The summed E-state index contributed by atoms with van der Waals surface area (Å²) in [6, 6.07) is 0. The number of carbonyl (C=O) groups is 1. The molecule has 0 bridgehead atoms. The SMILES string of the molecule is CC(C)(C)OC(=O)N1CCC([CH]CCl)CC1. The Hall–Kier alpha value is -0.440. The zero-order valence-electron chi connectivity index (χ0n) is 10.3. The van der Waals surface area contributed by atoms with Crippen LogP contribution in [0.2, 0.25) is 0 Å². The highest BCUT2D eigenvalue weighted by atomic mass is 35.5. The third-order valence-electron chi connectivity index (χ3n) is 2.61. The number of carbonyl (C=O) groups excluding carboxylic acids is 1. The van der Waals surface area contributed by atoms with E-state index in [-0.39, 0.29) is 6.09 Å². The van der Waals surface area contributed by atoms with Crippen molar-refractivity contribution >= 4 is 17.7 Å². The minimum Gasteiger partial charge on any atom is -0.444 e. The Morgan fingerprint density at radius 3 is 2.44 bits per heavy atom. The minimum absolute atomic E-state index is 0.197. The zero-order valence-corrected chi connectivity index (χ0v) is 11.1. The van der Waals surface area contributed by atoms with E-state index in [2.05, 4.69) is 6.42 Å². The summed E-state index contributed by atoms with van der Waals surface area (Å²) in [6.07, 6.45) is 3.91. The van der Waals surface area contributed by atoms with Crippen molar-refractivity contribution in [2.24, 2.45) is 5.92 Å². The first-order chi connectivity index (χ1) is 7.42. The molecule has 0 aromatic carbocycles. The van der Waals surface area contributed by atoms with Crippen LogP contribution in [0.25, 0.3) is 0 Å². The molecule has 0 saturated carbocycles. The van der Waals surface area contributed by atoms with E-state index in [1.165, 1.54) is 0 Å². The molecule has 4 heteroatoms. The lowest BCUT2D eigenvalue weighted by Crippen LogP contribution is -2.41. The van der Waals surface area contributed by atoms with Gasteiger partial charge in [-0.3, -0.25) is 0 Å². The molecule has 1 aliphatic heterocycles. The number of ether oxygens (including phenoxy) is 1. The van der Waals surface area contributed by atoms with Gasteiger partial charge in [-0.05, 0) is 46.0 Å². The van der Waals surface area contributed by atoms with Gasteiger partial charge >= 0.3 is 6.09 Å². The standard InChI is InChI=1S/C12H21ClNO2/c1-12(2,3)16-11(15)14-8-5-10(4-7-13)6-9-14/h4,10H,5-9H2,1-3H3. The van der Waals surface area contributed by atoms with Gasteiger partial charge in [-0.15, -0.1) is 11.6 Å². The molecular formula is C12H21ClNO2. The molecule has 1 saturated heterocycles. The third-order valence-corrected chi connectivity index (χ3v) is 2.79. The molecule has 93 valence electrons. The van der Waals surface area contributed by atoms with Crippen LogP contribution < -0.4 is 0 Å². The minimum atomic E-state index is -0.407. The first kappa shape index (κ1) is 13.6. The Bertz CT molecular complexity index is 230. The zero-order chi connectivity index (χ0) is 12.2. The van der Waals surface area contributed by atoms with E-state index < -0.39 is 5.60 Å². The lowest BCUT2D eigenvalue weighted by atomic mass is 9.95. The van der Waals surface area contributed by atoms with E-state index in [4.69, 9.17) is 16.3 Å². The third kappa shape index (κ3) is 4.60. The smallest absolute Gasteiger partial charge is 0.410 e. The molecule has 0 unspecified atom stereocenters. The van der Waals surface area contributed by atoms with Crippen molar-refractivity contribution in [3.63, 3.8) is 0 Å². The highest BCUT2D eigenvalue weighted by Crippen LogP contribution is 2.21. The summed E-state index contributed by atoms with van der Waals surface area (Å²) in [4.78, 5) is 13.5. The van der Waals surface area contributed by atoms with Crippen LogP contribution in [0.4, 0.5) is 4.79 Å². The molecule has 0 N–H and O–H groups in total. The monoisotopic (exact) mass is 246 g/mol. The van der Waals surface area contributed by atoms with Crippen LogP contribution in [0.5, 0.6) is 0 Å². The van der Waals surface area contributed by atoms with Gasteiger partial charge in [0.25, 0.3) is 0 Å². The van der Waals surface area contributed by atoms with Gasteiger partial charge in [0.05, 0.1) is 0 Å². The van der Waals surface area contributed by atoms with Crippen molar-refractivity contribution in [2.75, 3.05) is 19.0 Å². The molecule has 0 atom stereocenters. The second-order valence-electron chi connectivity index (χ2n) is 5.19. The highest BCUT2D eigenvalue weighted by molar-refractivity contribution is 6.18. The molecule has 0 aliphatic carbocycles. The molecule has 3 nitrogen and oxygen atoms in total. The van der Waals surface area contributed by atoms with Crippen molar-refractivity contribution in [3.05, 3.63) is 6.42 Å². The average molecular weight is 247 g/mol. The number of nitrogens with zero attached hydrogens (tertiary/aromatic N) is 1. The molecule has 1 aliphatic rings. The van der Waals surface area contributed by atoms with Gasteiger partial charge < -0.3 is 9.64 Å². The normalized spacial score (nSPS) is 18.6. The van der Waals surface area contributed by atoms with Gasteiger partial charge in [0.15, 0.2) is 0 Å². The number of amides is 1. The molecule has 0 aromatic heterocycles. The Kier molecular flexibility index (Phi) is 4.90. The number of likely N-dealkylation sites (tertiary alicyclic amines) is 1. The summed E-state index contributed by atoms with van der Waals surface area (Å²) < 4.78 is 5.32. The van der Waals surface area contributed by atoms with Gasteiger partial charge in [-0.1, -0.05) is 0 Å². The summed E-state index contributed by atoms with van der Waals surface area (Å²) in [5.74, 6) is 1.15. The Balaban J connectivity index is 2.33. The maximum Gasteiger partial charge on any atom is 0.410 e. The van der Waals surface area contributed by atoms with Gasteiger partial charge in [-0.25, -0.2) is 4.79 Å². The van der Waals surface area contributed by atoms with Crippen molar-refractivity contribution in [2.45, 2.75) is 39.2 Å². The van der Waals surface area contributed by atoms with E-state index in [1.807, 2.05) is 20.8 Å². The van der Waals surface area contributed by atoms with Crippen molar-refractivity contribution < 1.29 is 9.53 Å². The van der Waals surface area contributed by atoms with Crippen molar-refractivity contribution in [3.8, 4) is 0 Å². The van der Waals surface area contributed by atoms with Crippen molar-refractivity contribution in [1.82, 2.24) is 4.90 Å². The van der Waals surface area contributed by atoms with Gasteiger partial charge in [0.2, 0.25) is 0 Å². The van der Waals surface area contributed by atoms with E-state index in [0.29, 0.717) is 11.8 Å². The van der Waals surface area contributed by atoms with E-state index in [0.717, 1.165) is 25.9 Å². The fourth-order valence-electron chi connectivity index (χ4n) is 1.77. The maximum atomic E-state index is 11.7. The summed E-state index contributed by atoms with van der Waals surface area (Å²) in [7, 11) is 0. The molecule has 1 radical (unpaired) electrons. The first-order valence-corrected chi connectivity index (χ1v) is 6.33. The molecule has 1 amide bonds. The quantitative estimate of drug-likeness (QED) is 0.701. The summed E-state index contributed by atoms with van der Waals surface area (Å²) in [5.41, 5.74) is -0.407. The summed E-state index contributed by atoms with van der Waals surface area (Å²) >= 11 is 5.66. The Morgan fingerprint density at radius 2 is 2.00 bits per heavy atom. The largest absolute Gasteiger partial charge is 0.444 e. The first-order valence-electron chi connectivity index (χ1n) is 5.79. The summed E-state index contributed by atoms with van der Waals surface area (Å²) in [5, 5.41) is 0. The number of halogens is 1. The van der Waals surface area contributed by atoms with Gasteiger partial charge in [-0.2, -0.15) is 0 Å². The van der Waals surface area contributed by atoms with E-state index in [1.54, 1.807) is 4.90 Å². The molecule has 1 fully saturated rings. The second-order valence-corrected chi connectivity index (χ2v) is 5.50. The van der Waals surface area contributed by atoms with Crippen LogP contribution in [-0.4, -0.2) is 35.6 Å². The highest BCUT2D eigenvalue weighted by Gasteiger charge is 2.26. The Morgan fingerprint density at radius 1 is 1.44 bits per heavy atom. The van der Waals surface area contributed by atoms with Crippen molar-refractivity contribution in [1.29, 1.82) is 0 Å². The van der Waals surface area contributed by atoms with E-state index in [9.17, 15) is 4.79 Å². The van der Waals surface area contributed by atoms with E-state index >= 15 is 0 Å². The Labute approximate surface area is 103 Å². The second kappa shape index (κ2) is 5.76. The molecule has 0 spiro atoms. The lowest BCUT2D eigenvalue weighted by molar-refractivity contribution is 0.0193. The van der Waals surface area contributed by atoms with Gasteiger partial charge in [0, 0.05) is 19.0 Å². The number of rotatable bonds is 2. The fourth-order valence-corrected chi connectivity index (χ4v) is 2.02. The molecule has 16 heavy (non-hydrogen) atoms. The molecule has 1 heterocycles. The van der Waals surface area contributed by atoms with Crippen LogP contribution in [-0.2, 0) is 4.74 Å².